The van der Waals surface area contributed by atoms with E-state index in [0.717, 1.165) is 60.0 Å². The molecule has 9 nitrogen and oxygen atoms in total. The third kappa shape index (κ3) is 3.22. The number of rotatable bonds is 5. The Morgan fingerprint density at radius 3 is 2.41 bits per heavy atom. The maximum atomic E-state index is 4.75. The maximum Gasteiger partial charge on any atom is 0.244 e. The van der Waals surface area contributed by atoms with Gasteiger partial charge in [0.05, 0.1) is 11.4 Å². The van der Waals surface area contributed by atoms with Gasteiger partial charge in [-0.25, -0.2) is 14.5 Å². The molecular formula is C18H27N9. The van der Waals surface area contributed by atoms with Crippen LogP contribution in [-0.2, 0) is 19.9 Å². The minimum absolute atomic E-state index is 0.708. The highest BCUT2D eigenvalue weighted by molar-refractivity contribution is 5.64. The third-order valence-electron chi connectivity index (χ3n) is 5.19. The summed E-state index contributed by atoms with van der Waals surface area (Å²) in [7, 11) is 5.92. The van der Waals surface area contributed by atoms with Gasteiger partial charge < -0.3 is 9.80 Å². The topological polar surface area (TPSA) is 80.3 Å². The number of anilines is 2. The minimum atomic E-state index is 0.708. The Morgan fingerprint density at radius 2 is 1.70 bits per heavy atom. The van der Waals surface area contributed by atoms with Gasteiger partial charge in [0.15, 0.2) is 17.3 Å². The van der Waals surface area contributed by atoms with E-state index in [2.05, 4.69) is 15.0 Å². The van der Waals surface area contributed by atoms with Crippen molar-refractivity contribution >= 4 is 17.4 Å². The minimum Gasteiger partial charge on any atom is -0.360 e. The highest BCUT2D eigenvalue weighted by atomic mass is 15.4. The van der Waals surface area contributed by atoms with Crippen molar-refractivity contribution in [3.05, 3.63) is 23.0 Å². The third-order valence-corrected chi connectivity index (χ3v) is 5.19. The number of imidazole rings is 1. The van der Waals surface area contributed by atoms with E-state index in [0.29, 0.717) is 6.42 Å². The van der Waals surface area contributed by atoms with Crippen LogP contribution in [0.1, 0.15) is 35.9 Å². The standard InChI is InChI=1S/C18H27N9/c1-12-13(2)27-17(19-12)16(24(3)4)20-14(22-27)8-9-15-21-18(23-25(15)5)26-10-6-7-11-26/h6-11H2,1-5H3. The van der Waals surface area contributed by atoms with E-state index >= 15 is 0 Å². The van der Waals surface area contributed by atoms with Gasteiger partial charge in [0, 0.05) is 47.1 Å². The van der Waals surface area contributed by atoms with Crippen molar-refractivity contribution in [1.29, 1.82) is 0 Å². The Labute approximate surface area is 159 Å². The van der Waals surface area contributed by atoms with Crippen molar-refractivity contribution in [3.63, 3.8) is 0 Å². The Balaban J connectivity index is 1.59. The molecule has 0 atom stereocenters. The number of aryl methyl sites for hydroxylation is 5. The summed E-state index contributed by atoms with van der Waals surface area (Å²) < 4.78 is 3.78. The second kappa shape index (κ2) is 6.79. The van der Waals surface area contributed by atoms with Gasteiger partial charge in [0.2, 0.25) is 5.95 Å². The smallest absolute Gasteiger partial charge is 0.244 e. The molecule has 0 bridgehead atoms. The van der Waals surface area contributed by atoms with Crippen LogP contribution >= 0.6 is 0 Å². The molecule has 3 aromatic rings. The molecule has 0 radical (unpaired) electrons. The zero-order chi connectivity index (χ0) is 19.1. The Bertz CT molecular complexity index is 963. The first kappa shape index (κ1) is 17.7. The predicted octanol–water partition coefficient (Wildman–Crippen LogP) is 1.32. The molecule has 4 rings (SSSR count). The van der Waals surface area contributed by atoms with Crippen LogP contribution in [-0.4, -0.2) is 61.5 Å². The second-order valence-electron chi connectivity index (χ2n) is 7.41. The lowest BCUT2D eigenvalue weighted by Crippen LogP contribution is -2.19. The average Bonchev–Trinajstić information content (AvgIpc) is 3.34. The first-order valence-electron chi connectivity index (χ1n) is 9.49. The van der Waals surface area contributed by atoms with Gasteiger partial charge in [-0.15, -0.1) is 5.10 Å². The van der Waals surface area contributed by atoms with Crippen LogP contribution in [0.4, 0.5) is 11.8 Å². The molecule has 0 aliphatic carbocycles. The van der Waals surface area contributed by atoms with Crippen molar-refractivity contribution < 1.29 is 0 Å². The van der Waals surface area contributed by atoms with Crippen molar-refractivity contribution in [3.8, 4) is 0 Å². The molecule has 3 aromatic heterocycles. The van der Waals surface area contributed by atoms with Crippen molar-refractivity contribution in [2.45, 2.75) is 39.5 Å². The molecular weight excluding hydrogens is 342 g/mol. The highest BCUT2D eigenvalue weighted by Gasteiger charge is 2.19. The molecule has 0 unspecified atom stereocenters. The van der Waals surface area contributed by atoms with Crippen LogP contribution in [0.3, 0.4) is 0 Å². The molecule has 1 aliphatic heterocycles. The van der Waals surface area contributed by atoms with Gasteiger partial charge in [-0.05, 0) is 26.7 Å². The predicted molar refractivity (Wildman–Crippen MR) is 104 cm³/mol. The SMILES string of the molecule is Cc1nc2c(N(C)C)nc(CCc3nc(N4CCCC4)nn3C)nn2c1C. The Hall–Kier alpha value is -2.71. The molecule has 0 amide bonds. The van der Waals surface area contributed by atoms with Gasteiger partial charge in [-0.1, -0.05) is 0 Å². The second-order valence-corrected chi connectivity index (χ2v) is 7.41. The number of hydrogen-bond donors (Lipinski definition) is 0. The van der Waals surface area contributed by atoms with E-state index in [-0.39, 0.29) is 0 Å². The first-order valence-corrected chi connectivity index (χ1v) is 9.49. The monoisotopic (exact) mass is 369 g/mol. The molecule has 9 heteroatoms. The molecule has 1 fully saturated rings. The van der Waals surface area contributed by atoms with Crippen molar-refractivity contribution in [2.24, 2.45) is 7.05 Å². The van der Waals surface area contributed by atoms with Gasteiger partial charge in [-0.2, -0.15) is 10.1 Å². The fourth-order valence-electron chi connectivity index (χ4n) is 3.48. The molecule has 144 valence electrons. The lowest BCUT2D eigenvalue weighted by molar-refractivity contribution is 0.672. The normalized spacial score (nSPS) is 14.5. The van der Waals surface area contributed by atoms with E-state index in [4.69, 9.17) is 15.1 Å². The van der Waals surface area contributed by atoms with Crippen LogP contribution in [0, 0.1) is 13.8 Å². The van der Waals surface area contributed by atoms with Gasteiger partial charge in [0.1, 0.15) is 5.82 Å². The fourth-order valence-corrected chi connectivity index (χ4v) is 3.48. The summed E-state index contributed by atoms with van der Waals surface area (Å²) in [6.07, 6.45) is 3.90. The number of aromatic nitrogens is 7. The van der Waals surface area contributed by atoms with E-state index < -0.39 is 0 Å². The summed E-state index contributed by atoms with van der Waals surface area (Å²) >= 11 is 0. The maximum absolute atomic E-state index is 4.75. The summed E-state index contributed by atoms with van der Waals surface area (Å²) in [6.45, 7) is 6.14. The van der Waals surface area contributed by atoms with Crippen molar-refractivity contribution in [1.82, 2.24) is 34.3 Å². The Kier molecular flexibility index (Phi) is 4.45. The van der Waals surface area contributed by atoms with E-state index in [1.54, 1.807) is 0 Å². The molecule has 1 saturated heterocycles. The average molecular weight is 369 g/mol. The lowest BCUT2D eigenvalue weighted by atomic mass is 10.3. The summed E-state index contributed by atoms with van der Waals surface area (Å²) in [5.74, 6) is 3.44. The number of nitrogens with zero attached hydrogens (tertiary/aromatic N) is 9. The lowest BCUT2D eigenvalue weighted by Gasteiger charge is -2.13. The molecule has 27 heavy (non-hydrogen) atoms. The van der Waals surface area contributed by atoms with Crippen molar-refractivity contribution in [2.75, 3.05) is 37.0 Å². The summed E-state index contributed by atoms with van der Waals surface area (Å²) in [6, 6.07) is 0. The fraction of sp³-hybridized carbons (Fsp3) is 0.611. The van der Waals surface area contributed by atoms with Gasteiger partial charge in [-0.3, -0.25) is 4.68 Å². The number of fused-ring (bicyclic) bond motifs is 1. The number of hydrogen-bond acceptors (Lipinski definition) is 7. The summed E-state index contributed by atoms with van der Waals surface area (Å²) in [5.41, 5.74) is 2.83. The van der Waals surface area contributed by atoms with Crippen LogP contribution in [0.25, 0.3) is 5.65 Å². The molecule has 0 N–H and O–H groups in total. The molecule has 0 spiro atoms. The van der Waals surface area contributed by atoms with E-state index in [9.17, 15) is 0 Å². The first-order chi connectivity index (χ1) is 12.9. The molecule has 0 saturated carbocycles. The molecule has 1 aliphatic rings. The zero-order valence-corrected chi connectivity index (χ0v) is 16.8. The quantitative estimate of drug-likeness (QED) is 0.671. The highest BCUT2D eigenvalue weighted by Crippen LogP contribution is 2.20. The van der Waals surface area contributed by atoms with Crippen LogP contribution < -0.4 is 9.80 Å². The summed E-state index contributed by atoms with van der Waals surface area (Å²) in [5, 5.41) is 9.30. The van der Waals surface area contributed by atoms with Gasteiger partial charge >= 0.3 is 0 Å². The Morgan fingerprint density at radius 1 is 0.963 bits per heavy atom. The van der Waals surface area contributed by atoms with Crippen LogP contribution in [0.5, 0.6) is 0 Å². The molecule has 4 heterocycles. The largest absolute Gasteiger partial charge is 0.360 e. The van der Waals surface area contributed by atoms with E-state index in [1.807, 2.05) is 49.1 Å². The summed E-state index contributed by atoms with van der Waals surface area (Å²) in [4.78, 5) is 18.4. The van der Waals surface area contributed by atoms with Crippen LogP contribution in [0.15, 0.2) is 0 Å². The zero-order valence-electron chi connectivity index (χ0n) is 16.8. The van der Waals surface area contributed by atoms with E-state index in [1.165, 1.54) is 12.8 Å². The van der Waals surface area contributed by atoms with Gasteiger partial charge in [0.25, 0.3) is 0 Å². The van der Waals surface area contributed by atoms with Crippen LogP contribution in [0.2, 0.25) is 0 Å². The molecule has 0 aromatic carbocycles.